The molecule has 0 saturated carbocycles. The fourth-order valence-electron chi connectivity index (χ4n) is 9.26. The van der Waals surface area contributed by atoms with Gasteiger partial charge >= 0.3 is 0 Å². The number of allylic oxidation sites excluding steroid dienone is 4. The van der Waals surface area contributed by atoms with E-state index in [1.54, 1.807) is 0 Å². The van der Waals surface area contributed by atoms with Crippen molar-refractivity contribution in [2.75, 3.05) is 13.2 Å². The molecule has 8 unspecified atom stereocenters. The number of aliphatic hydroxyl groups excluding tert-OH is 6. The Kier molecular flexibility index (Phi) is 44.6. The lowest BCUT2D eigenvalue weighted by Gasteiger charge is -2.40. The van der Waals surface area contributed by atoms with Crippen molar-refractivity contribution in [3.05, 3.63) is 24.3 Å². The summed E-state index contributed by atoms with van der Waals surface area (Å²) in [5.74, 6) is -0.582. The molecule has 1 rings (SSSR count). The molecule has 1 amide bonds. The Hall–Kier alpha value is -1.37. The van der Waals surface area contributed by atoms with Crippen LogP contribution in [0.25, 0.3) is 0 Å². The largest absolute Gasteiger partial charge is 0.394 e. The summed E-state index contributed by atoms with van der Waals surface area (Å²) in [6.45, 7) is 3.68. The van der Waals surface area contributed by atoms with Crippen molar-refractivity contribution in [2.45, 2.75) is 320 Å². The van der Waals surface area contributed by atoms with Gasteiger partial charge in [-0.25, -0.2) is 0 Å². The highest BCUT2D eigenvalue weighted by molar-refractivity contribution is 5.80. The first kappa shape index (κ1) is 63.6. The highest BCUT2D eigenvalue weighted by Crippen LogP contribution is 2.23. The van der Waals surface area contributed by atoms with Gasteiger partial charge in [0.1, 0.15) is 30.5 Å². The van der Waals surface area contributed by atoms with Crippen LogP contribution in [0, 0.1) is 0 Å². The molecule has 0 bridgehead atoms. The van der Waals surface area contributed by atoms with Crippen LogP contribution in [0.4, 0.5) is 0 Å². The molecule has 10 nitrogen and oxygen atoms in total. The minimum absolute atomic E-state index is 0.253. The summed E-state index contributed by atoms with van der Waals surface area (Å²) in [5, 5.41) is 65.0. The summed E-state index contributed by atoms with van der Waals surface area (Å²) in [7, 11) is 0. The van der Waals surface area contributed by atoms with Crippen molar-refractivity contribution in [2.24, 2.45) is 0 Å². The topological polar surface area (TPSA) is 169 Å². The second-order valence-electron chi connectivity index (χ2n) is 20.2. The van der Waals surface area contributed by atoms with E-state index in [0.29, 0.717) is 12.8 Å². The molecule has 10 heteroatoms. The number of carbonyl (C=O) groups is 1. The van der Waals surface area contributed by atoms with Crippen molar-refractivity contribution in [1.82, 2.24) is 5.32 Å². The SMILES string of the molecule is CCCCCCCCCCC/C=C\C/C=C\CCCCCCCCCCCCCCCCC(O)C(=O)NC(COC1OC(CO)C(O)C(O)C1O)C(O)CCCCCCCCCCCCCC. The van der Waals surface area contributed by atoms with E-state index in [4.69, 9.17) is 9.47 Å². The second kappa shape index (κ2) is 47.0. The first-order chi connectivity index (χ1) is 32.8. The monoisotopic (exact) mass is 952 g/mol. The zero-order chi connectivity index (χ0) is 48.8. The molecule has 0 spiro atoms. The van der Waals surface area contributed by atoms with Crippen molar-refractivity contribution >= 4 is 5.91 Å². The first-order valence-electron chi connectivity index (χ1n) is 28.6. The van der Waals surface area contributed by atoms with Crippen LogP contribution in [0.2, 0.25) is 0 Å². The minimum atomic E-state index is -1.60. The van der Waals surface area contributed by atoms with Gasteiger partial charge in [-0.15, -0.1) is 0 Å². The molecule has 1 aliphatic heterocycles. The van der Waals surface area contributed by atoms with Gasteiger partial charge in [-0.2, -0.15) is 0 Å². The Bertz CT molecular complexity index is 1120. The third-order valence-electron chi connectivity index (χ3n) is 13.9. The molecule has 1 fully saturated rings. The molecule has 0 aliphatic carbocycles. The lowest BCUT2D eigenvalue weighted by molar-refractivity contribution is -0.302. The van der Waals surface area contributed by atoms with Gasteiger partial charge in [-0.1, -0.05) is 250 Å². The molecule has 1 heterocycles. The van der Waals surface area contributed by atoms with Gasteiger partial charge in [0.2, 0.25) is 5.91 Å². The highest BCUT2D eigenvalue weighted by atomic mass is 16.7. The predicted octanol–water partition coefficient (Wildman–Crippen LogP) is 12.8. The van der Waals surface area contributed by atoms with Gasteiger partial charge in [0, 0.05) is 0 Å². The number of carbonyl (C=O) groups excluding carboxylic acids is 1. The first-order valence-corrected chi connectivity index (χ1v) is 28.6. The number of hydrogen-bond acceptors (Lipinski definition) is 9. The molecule has 67 heavy (non-hydrogen) atoms. The molecule has 8 atom stereocenters. The van der Waals surface area contributed by atoms with Crippen LogP contribution >= 0.6 is 0 Å². The highest BCUT2D eigenvalue weighted by Gasteiger charge is 2.44. The van der Waals surface area contributed by atoms with Crippen LogP contribution < -0.4 is 5.32 Å². The maximum absolute atomic E-state index is 13.1. The fourth-order valence-corrected chi connectivity index (χ4v) is 9.26. The molecule has 0 aromatic carbocycles. The molecule has 1 aliphatic rings. The Morgan fingerprint density at radius 1 is 0.507 bits per heavy atom. The van der Waals surface area contributed by atoms with E-state index in [9.17, 15) is 35.4 Å². The smallest absolute Gasteiger partial charge is 0.249 e. The van der Waals surface area contributed by atoms with E-state index < -0.39 is 61.5 Å². The molecule has 7 N–H and O–H groups in total. The van der Waals surface area contributed by atoms with Crippen LogP contribution in [0.3, 0.4) is 0 Å². The number of rotatable bonds is 49. The summed E-state index contributed by atoms with van der Waals surface area (Å²) in [4.78, 5) is 13.1. The third-order valence-corrected chi connectivity index (χ3v) is 13.9. The number of hydrogen-bond donors (Lipinski definition) is 7. The number of aliphatic hydroxyl groups is 6. The maximum Gasteiger partial charge on any atom is 0.249 e. The van der Waals surface area contributed by atoms with Crippen LogP contribution in [0.1, 0.15) is 271 Å². The quantitative estimate of drug-likeness (QED) is 0.0232. The van der Waals surface area contributed by atoms with Gasteiger partial charge in [-0.05, 0) is 44.9 Å². The zero-order valence-electron chi connectivity index (χ0n) is 43.5. The van der Waals surface area contributed by atoms with Gasteiger partial charge in [0.25, 0.3) is 0 Å². The van der Waals surface area contributed by atoms with Crippen molar-refractivity contribution in [3.63, 3.8) is 0 Å². The van der Waals surface area contributed by atoms with Gasteiger partial charge in [0.05, 0.1) is 25.4 Å². The Morgan fingerprint density at radius 3 is 1.28 bits per heavy atom. The number of ether oxygens (including phenoxy) is 2. The van der Waals surface area contributed by atoms with Gasteiger partial charge in [0.15, 0.2) is 6.29 Å². The van der Waals surface area contributed by atoms with Crippen LogP contribution in [0.5, 0.6) is 0 Å². The van der Waals surface area contributed by atoms with E-state index in [2.05, 4.69) is 43.5 Å². The van der Waals surface area contributed by atoms with Crippen molar-refractivity contribution in [3.8, 4) is 0 Å². The maximum atomic E-state index is 13.1. The lowest BCUT2D eigenvalue weighted by Crippen LogP contribution is -2.60. The zero-order valence-corrected chi connectivity index (χ0v) is 43.5. The second-order valence-corrected chi connectivity index (χ2v) is 20.2. The van der Waals surface area contributed by atoms with Crippen molar-refractivity contribution in [1.29, 1.82) is 0 Å². The molecule has 1 saturated heterocycles. The van der Waals surface area contributed by atoms with E-state index in [-0.39, 0.29) is 6.61 Å². The van der Waals surface area contributed by atoms with E-state index >= 15 is 0 Å². The number of nitrogens with one attached hydrogen (secondary N) is 1. The minimum Gasteiger partial charge on any atom is -0.394 e. The lowest BCUT2D eigenvalue weighted by atomic mass is 9.99. The van der Waals surface area contributed by atoms with E-state index in [0.717, 1.165) is 57.8 Å². The molecule has 0 radical (unpaired) electrons. The fraction of sp³-hybridized carbons (Fsp3) is 0.912. The molecule has 0 aromatic heterocycles. The van der Waals surface area contributed by atoms with Gasteiger partial charge in [-0.3, -0.25) is 4.79 Å². The normalized spacial score (nSPS) is 20.3. The standard InChI is InChI=1S/C57H109NO9/c1-3-5-7-9-11-13-15-17-18-19-20-21-22-23-24-25-26-27-28-29-30-31-32-33-34-36-38-40-42-44-46-51(61)56(65)58-49(48-66-57-55(64)54(63)53(62)52(47-59)67-57)50(60)45-43-41-39-37-35-16-14-12-10-8-6-4-2/h20-21,23-24,49-55,57,59-64H,3-19,22,25-48H2,1-2H3,(H,58,65)/b21-20-,24-23-. The van der Waals surface area contributed by atoms with Crippen molar-refractivity contribution < 1.29 is 44.9 Å². The molecule has 396 valence electrons. The van der Waals surface area contributed by atoms with E-state index in [1.165, 1.54) is 186 Å². The third kappa shape index (κ3) is 36.2. The summed E-state index contributed by atoms with van der Waals surface area (Å²) in [5.41, 5.74) is 0. The summed E-state index contributed by atoms with van der Waals surface area (Å²) in [6.07, 6.45) is 48.2. The van der Waals surface area contributed by atoms with Gasteiger partial charge < -0.3 is 45.4 Å². The number of amides is 1. The molecule has 0 aromatic rings. The summed E-state index contributed by atoms with van der Waals surface area (Å²) >= 11 is 0. The Morgan fingerprint density at radius 2 is 0.881 bits per heavy atom. The van der Waals surface area contributed by atoms with Crippen LogP contribution in [-0.4, -0.2) is 98.7 Å². The molecular weight excluding hydrogens is 843 g/mol. The number of unbranched alkanes of at least 4 members (excludes halogenated alkanes) is 34. The summed E-state index contributed by atoms with van der Waals surface area (Å²) in [6, 6.07) is -0.892. The predicted molar refractivity (Wildman–Crippen MR) is 278 cm³/mol. The Labute approximate surface area is 411 Å². The van der Waals surface area contributed by atoms with E-state index in [1.807, 2.05) is 0 Å². The average molecular weight is 952 g/mol. The Balaban J connectivity index is 2.16. The van der Waals surface area contributed by atoms with Crippen LogP contribution in [0.15, 0.2) is 24.3 Å². The molecular formula is C57H109NO9. The average Bonchev–Trinajstić information content (AvgIpc) is 3.33. The van der Waals surface area contributed by atoms with Crippen LogP contribution in [-0.2, 0) is 14.3 Å². The summed E-state index contributed by atoms with van der Waals surface area (Å²) < 4.78 is 11.2.